The molecule has 4 aromatic rings. The number of aromatic amines is 1. The quantitative estimate of drug-likeness (QED) is 0.224. The minimum absolute atomic E-state index is 0.0989. The molecular formula is C30H27N3O5. The summed E-state index contributed by atoms with van der Waals surface area (Å²) in [5.41, 5.74) is 5.75. The maximum Gasteiger partial charge on any atom is 0.373 e. The number of H-pyrrole nitrogens is 1. The number of likely N-dealkylation sites (tertiary alicyclic amines) is 1. The lowest BCUT2D eigenvalue weighted by Gasteiger charge is -2.25. The first-order valence-corrected chi connectivity index (χ1v) is 12.2. The zero-order chi connectivity index (χ0) is 27.2. The molecule has 192 valence electrons. The standard InChI is InChI=1S/C29H27N3O3.CO2/c1-3-19-7-9-20(10-8-19)26-25(27(33)22-5-4-13-30-16-22)28(34)29(35)32(26)14-12-21-17-31-24-15-18(2)6-11-23(21)24;2-1-3/h4-11,13,15-17,26,31,33H,3,12,14H2,1-2H3;. The number of fused-ring (bicyclic) bond motifs is 1. The van der Waals surface area contributed by atoms with Crippen molar-refractivity contribution in [2.75, 3.05) is 6.54 Å². The third kappa shape index (κ3) is 5.16. The topological polar surface area (TPSA) is 120 Å². The lowest BCUT2D eigenvalue weighted by molar-refractivity contribution is -0.191. The van der Waals surface area contributed by atoms with Gasteiger partial charge in [-0.25, -0.2) is 0 Å². The summed E-state index contributed by atoms with van der Waals surface area (Å²) in [6, 6.07) is 16.8. The van der Waals surface area contributed by atoms with E-state index in [1.807, 2.05) is 37.4 Å². The van der Waals surface area contributed by atoms with Crippen LogP contribution in [0.3, 0.4) is 0 Å². The fourth-order valence-electron chi connectivity index (χ4n) is 4.80. The van der Waals surface area contributed by atoms with Crippen molar-refractivity contribution in [1.29, 1.82) is 0 Å². The first-order valence-electron chi connectivity index (χ1n) is 12.2. The minimum atomic E-state index is -0.675. The molecule has 1 amide bonds. The number of Topliss-reactive ketones (excluding diaryl/α,β-unsaturated/α-hetero) is 1. The number of nitrogens with one attached hydrogen (secondary N) is 1. The summed E-state index contributed by atoms with van der Waals surface area (Å²) < 4.78 is 0. The molecule has 0 aliphatic carbocycles. The molecular weight excluding hydrogens is 482 g/mol. The average molecular weight is 510 g/mol. The van der Waals surface area contributed by atoms with Gasteiger partial charge in [0.2, 0.25) is 0 Å². The van der Waals surface area contributed by atoms with Crippen LogP contribution in [0.4, 0.5) is 0 Å². The van der Waals surface area contributed by atoms with Crippen LogP contribution in [0.5, 0.6) is 0 Å². The smallest absolute Gasteiger partial charge is 0.373 e. The van der Waals surface area contributed by atoms with E-state index in [1.165, 1.54) is 11.8 Å². The van der Waals surface area contributed by atoms with Gasteiger partial charge >= 0.3 is 6.15 Å². The number of aryl methyl sites for hydroxylation is 2. The van der Waals surface area contributed by atoms with Crippen LogP contribution < -0.4 is 0 Å². The van der Waals surface area contributed by atoms with Crippen molar-refractivity contribution in [3.05, 3.63) is 107 Å². The number of amides is 1. The summed E-state index contributed by atoms with van der Waals surface area (Å²) >= 11 is 0. The highest BCUT2D eigenvalue weighted by Crippen LogP contribution is 2.39. The van der Waals surface area contributed by atoms with Gasteiger partial charge in [0.25, 0.3) is 11.7 Å². The summed E-state index contributed by atoms with van der Waals surface area (Å²) in [4.78, 5) is 51.6. The molecule has 2 aromatic carbocycles. The number of ketones is 1. The van der Waals surface area contributed by atoms with Crippen molar-refractivity contribution in [3.8, 4) is 0 Å². The Morgan fingerprint density at radius 3 is 2.50 bits per heavy atom. The van der Waals surface area contributed by atoms with Crippen molar-refractivity contribution >= 4 is 34.5 Å². The van der Waals surface area contributed by atoms with Gasteiger partial charge in [0, 0.05) is 41.6 Å². The molecule has 8 nitrogen and oxygen atoms in total. The Hall–Kier alpha value is -4.81. The van der Waals surface area contributed by atoms with Gasteiger partial charge in [-0.3, -0.25) is 14.6 Å². The van der Waals surface area contributed by atoms with Crippen molar-refractivity contribution in [1.82, 2.24) is 14.9 Å². The van der Waals surface area contributed by atoms with Crippen LogP contribution in [0.1, 0.15) is 40.8 Å². The molecule has 2 aromatic heterocycles. The zero-order valence-electron chi connectivity index (χ0n) is 21.1. The van der Waals surface area contributed by atoms with Crippen LogP contribution in [0, 0.1) is 6.92 Å². The molecule has 5 rings (SSSR count). The van der Waals surface area contributed by atoms with E-state index in [0.717, 1.165) is 34.0 Å². The zero-order valence-corrected chi connectivity index (χ0v) is 21.1. The molecule has 8 heteroatoms. The second kappa shape index (κ2) is 11.5. The third-order valence-corrected chi connectivity index (χ3v) is 6.72. The highest BCUT2D eigenvalue weighted by Gasteiger charge is 2.45. The lowest BCUT2D eigenvalue weighted by Crippen LogP contribution is -2.31. The number of rotatable bonds is 6. The number of nitrogens with zero attached hydrogens (tertiary/aromatic N) is 2. The number of aliphatic hydroxyl groups excluding tert-OH is 1. The third-order valence-electron chi connectivity index (χ3n) is 6.72. The van der Waals surface area contributed by atoms with E-state index in [0.29, 0.717) is 18.5 Å². The van der Waals surface area contributed by atoms with E-state index in [4.69, 9.17) is 9.59 Å². The lowest BCUT2D eigenvalue weighted by atomic mass is 9.94. The molecule has 1 unspecified atom stereocenters. The van der Waals surface area contributed by atoms with Crippen LogP contribution in [0.15, 0.2) is 78.8 Å². The van der Waals surface area contributed by atoms with E-state index in [1.54, 1.807) is 23.2 Å². The molecule has 1 aliphatic heterocycles. The molecule has 3 heterocycles. The Labute approximate surface area is 219 Å². The average Bonchev–Trinajstić information content (AvgIpc) is 3.45. The van der Waals surface area contributed by atoms with Gasteiger partial charge in [-0.15, -0.1) is 0 Å². The highest BCUT2D eigenvalue weighted by molar-refractivity contribution is 6.46. The van der Waals surface area contributed by atoms with E-state index in [2.05, 4.69) is 35.1 Å². The van der Waals surface area contributed by atoms with Crippen molar-refractivity contribution in [2.45, 2.75) is 32.7 Å². The number of carbonyl (C=O) groups excluding carboxylic acids is 4. The van der Waals surface area contributed by atoms with Gasteiger partial charge in [-0.05, 0) is 60.2 Å². The fourth-order valence-corrected chi connectivity index (χ4v) is 4.80. The molecule has 0 saturated carbocycles. The van der Waals surface area contributed by atoms with Crippen LogP contribution in [-0.2, 0) is 32.0 Å². The molecule has 1 saturated heterocycles. The van der Waals surface area contributed by atoms with Crippen LogP contribution in [0.2, 0.25) is 0 Å². The molecule has 1 fully saturated rings. The van der Waals surface area contributed by atoms with E-state index in [9.17, 15) is 14.7 Å². The van der Waals surface area contributed by atoms with Gasteiger partial charge in [0.05, 0.1) is 11.6 Å². The first-order chi connectivity index (χ1) is 18.4. The second-order valence-corrected chi connectivity index (χ2v) is 9.03. The summed E-state index contributed by atoms with van der Waals surface area (Å²) in [6.45, 7) is 4.47. The maximum absolute atomic E-state index is 13.2. The monoisotopic (exact) mass is 509 g/mol. The van der Waals surface area contributed by atoms with Gasteiger partial charge in [0.15, 0.2) is 0 Å². The largest absolute Gasteiger partial charge is 0.507 e. The Morgan fingerprint density at radius 1 is 1.11 bits per heavy atom. The Balaban J connectivity index is 0.00000107. The molecule has 0 radical (unpaired) electrons. The Kier molecular flexibility index (Phi) is 7.94. The number of carbonyl (C=O) groups is 2. The summed E-state index contributed by atoms with van der Waals surface area (Å²) in [5, 5.41) is 12.2. The van der Waals surface area contributed by atoms with Gasteiger partial charge in [-0.1, -0.05) is 43.3 Å². The Morgan fingerprint density at radius 2 is 1.84 bits per heavy atom. The van der Waals surface area contributed by atoms with Gasteiger partial charge in [-0.2, -0.15) is 9.59 Å². The van der Waals surface area contributed by atoms with Gasteiger partial charge < -0.3 is 15.0 Å². The summed E-state index contributed by atoms with van der Waals surface area (Å²) in [5.74, 6) is -1.48. The predicted octanol–water partition coefficient (Wildman–Crippen LogP) is 4.51. The number of aromatic nitrogens is 2. The van der Waals surface area contributed by atoms with Crippen LogP contribution >= 0.6 is 0 Å². The fraction of sp³-hybridized carbons (Fsp3) is 0.200. The van der Waals surface area contributed by atoms with E-state index < -0.39 is 17.7 Å². The molecule has 1 aliphatic rings. The minimum Gasteiger partial charge on any atom is -0.507 e. The predicted molar refractivity (Wildman–Crippen MR) is 141 cm³/mol. The maximum atomic E-state index is 13.2. The number of benzene rings is 2. The number of hydrogen-bond acceptors (Lipinski definition) is 6. The van der Waals surface area contributed by atoms with Crippen molar-refractivity contribution in [3.63, 3.8) is 0 Å². The number of pyridine rings is 1. The highest BCUT2D eigenvalue weighted by atomic mass is 16.3. The van der Waals surface area contributed by atoms with Crippen molar-refractivity contribution < 1.29 is 24.3 Å². The number of hydrogen-bond donors (Lipinski definition) is 2. The molecule has 0 spiro atoms. The second-order valence-electron chi connectivity index (χ2n) is 9.03. The van der Waals surface area contributed by atoms with E-state index >= 15 is 0 Å². The summed E-state index contributed by atoms with van der Waals surface area (Å²) in [7, 11) is 0. The normalized spacial score (nSPS) is 16.3. The molecule has 1 atom stereocenters. The molecule has 2 N–H and O–H groups in total. The van der Waals surface area contributed by atoms with Crippen LogP contribution in [-0.4, -0.2) is 44.4 Å². The van der Waals surface area contributed by atoms with Gasteiger partial charge in [0.1, 0.15) is 5.76 Å². The SMILES string of the molecule is CCc1ccc(C2C(=C(O)c3cccnc3)C(=O)C(=O)N2CCc2c[nH]c3cc(C)ccc23)cc1.O=C=O. The molecule has 38 heavy (non-hydrogen) atoms. The number of aliphatic hydroxyl groups is 1. The van der Waals surface area contributed by atoms with Crippen LogP contribution in [0.25, 0.3) is 16.7 Å². The molecule has 0 bridgehead atoms. The Bertz CT molecular complexity index is 1530. The van der Waals surface area contributed by atoms with Crippen molar-refractivity contribution in [2.24, 2.45) is 0 Å². The first kappa shape index (κ1) is 26.3. The summed E-state index contributed by atoms with van der Waals surface area (Å²) in [6.07, 6.45) is 6.76. The van der Waals surface area contributed by atoms with E-state index in [-0.39, 0.29) is 17.5 Å².